The maximum Gasteiger partial charge on any atom is 0.249 e. The predicted octanol–water partition coefficient (Wildman–Crippen LogP) is 2.77. The van der Waals surface area contributed by atoms with E-state index in [0.29, 0.717) is 12.0 Å². The second-order valence-corrected chi connectivity index (χ2v) is 4.77. The Balaban J connectivity index is 2.01. The molecular weight excluding hydrogens is 236 g/mol. The highest BCUT2D eigenvalue weighted by Crippen LogP contribution is 2.31. The van der Waals surface area contributed by atoms with E-state index in [1.165, 1.54) is 5.56 Å². The van der Waals surface area contributed by atoms with Crippen molar-refractivity contribution in [3.63, 3.8) is 0 Å². The Labute approximate surface area is 111 Å². The van der Waals surface area contributed by atoms with Gasteiger partial charge in [0.25, 0.3) is 0 Å². The molecule has 1 heterocycles. The zero-order chi connectivity index (χ0) is 13.4. The van der Waals surface area contributed by atoms with Crippen LogP contribution in [0.2, 0.25) is 0 Å². The van der Waals surface area contributed by atoms with Gasteiger partial charge < -0.3 is 5.73 Å². The summed E-state index contributed by atoms with van der Waals surface area (Å²) in [5.41, 5.74) is 11.1. The van der Waals surface area contributed by atoms with Crippen LogP contribution in [0.5, 0.6) is 0 Å². The molecule has 0 saturated heterocycles. The van der Waals surface area contributed by atoms with Crippen molar-refractivity contribution in [1.29, 1.82) is 0 Å². The third-order valence-electron chi connectivity index (χ3n) is 3.40. The number of rotatable bonds is 2. The fraction of sp³-hybridized carbons (Fsp3) is 0.125. The van der Waals surface area contributed by atoms with Crippen LogP contribution in [0.15, 0.2) is 47.5 Å². The Morgan fingerprint density at radius 2 is 1.89 bits per heavy atom. The standard InChI is InChI=1S/C16H14N2O/c1-10-5-7-11(8-6-10)15-9-13-12(16(17)19)3-2-4-14(13)18-15/h2-8H,9H2,1H3,(H2,17,19). The number of aryl methyl sites for hydroxylation is 1. The minimum atomic E-state index is -0.391. The predicted molar refractivity (Wildman–Crippen MR) is 76.0 cm³/mol. The van der Waals surface area contributed by atoms with Crippen LogP contribution in [0, 0.1) is 6.92 Å². The first-order valence-electron chi connectivity index (χ1n) is 6.21. The van der Waals surface area contributed by atoms with Crippen LogP contribution < -0.4 is 5.73 Å². The van der Waals surface area contributed by atoms with Gasteiger partial charge in [0, 0.05) is 12.0 Å². The molecule has 0 unspecified atom stereocenters. The molecule has 0 fully saturated rings. The quantitative estimate of drug-likeness (QED) is 0.875. The third-order valence-corrected chi connectivity index (χ3v) is 3.40. The number of hydrogen-bond donors (Lipinski definition) is 1. The van der Waals surface area contributed by atoms with Crippen LogP contribution in [0.4, 0.5) is 5.69 Å². The highest BCUT2D eigenvalue weighted by molar-refractivity contribution is 6.09. The normalized spacial score (nSPS) is 13.0. The Kier molecular flexibility index (Phi) is 2.67. The molecule has 0 bridgehead atoms. The molecule has 3 rings (SSSR count). The summed E-state index contributed by atoms with van der Waals surface area (Å²) in [5.74, 6) is -0.391. The van der Waals surface area contributed by atoms with Gasteiger partial charge in [-0.25, -0.2) is 0 Å². The number of fused-ring (bicyclic) bond motifs is 1. The molecule has 1 aliphatic heterocycles. The van der Waals surface area contributed by atoms with Gasteiger partial charge in [0.1, 0.15) is 0 Å². The molecule has 2 aromatic carbocycles. The maximum atomic E-state index is 11.4. The van der Waals surface area contributed by atoms with E-state index in [4.69, 9.17) is 5.73 Å². The molecule has 0 saturated carbocycles. The number of carbonyl (C=O) groups is 1. The number of primary amides is 1. The van der Waals surface area contributed by atoms with E-state index in [9.17, 15) is 4.79 Å². The van der Waals surface area contributed by atoms with E-state index in [1.807, 2.05) is 12.1 Å². The van der Waals surface area contributed by atoms with Crippen molar-refractivity contribution in [2.24, 2.45) is 10.7 Å². The smallest absolute Gasteiger partial charge is 0.249 e. The average Bonchev–Trinajstić information content (AvgIpc) is 2.82. The van der Waals surface area contributed by atoms with Gasteiger partial charge in [0.2, 0.25) is 5.91 Å². The number of nitrogens with two attached hydrogens (primary N) is 1. The summed E-state index contributed by atoms with van der Waals surface area (Å²) in [6, 6.07) is 13.7. The van der Waals surface area contributed by atoms with Crippen LogP contribution in [-0.4, -0.2) is 11.6 Å². The van der Waals surface area contributed by atoms with Crippen molar-refractivity contribution in [1.82, 2.24) is 0 Å². The first-order chi connectivity index (χ1) is 9.15. The Hall–Kier alpha value is -2.42. The van der Waals surface area contributed by atoms with Crippen LogP contribution >= 0.6 is 0 Å². The molecule has 0 aliphatic carbocycles. The number of carbonyl (C=O) groups excluding carboxylic acids is 1. The molecule has 2 aromatic rings. The van der Waals surface area contributed by atoms with Gasteiger partial charge in [0.15, 0.2) is 0 Å². The lowest BCUT2D eigenvalue weighted by Crippen LogP contribution is -2.14. The molecule has 3 nitrogen and oxygen atoms in total. The number of aliphatic imine (C=N–C) groups is 1. The largest absolute Gasteiger partial charge is 0.366 e. The van der Waals surface area contributed by atoms with Crippen molar-refractivity contribution in [3.8, 4) is 0 Å². The summed E-state index contributed by atoms with van der Waals surface area (Å²) in [6.07, 6.45) is 0.664. The molecule has 0 spiro atoms. The zero-order valence-corrected chi connectivity index (χ0v) is 10.7. The minimum absolute atomic E-state index is 0.391. The highest BCUT2D eigenvalue weighted by Gasteiger charge is 2.20. The number of benzene rings is 2. The Morgan fingerprint density at radius 1 is 1.16 bits per heavy atom. The summed E-state index contributed by atoms with van der Waals surface area (Å²) in [7, 11) is 0. The van der Waals surface area contributed by atoms with Crippen LogP contribution in [0.1, 0.15) is 27.0 Å². The van der Waals surface area contributed by atoms with E-state index in [0.717, 1.165) is 22.5 Å². The van der Waals surface area contributed by atoms with E-state index >= 15 is 0 Å². The van der Waals surface area contributed by atoms with Crippen LogP contribution in [0.25, 0.3) is 0 Å². The molecule has 0 aromatic heterocycles. The molecule has 1 aliphatic rings. The van der Waals surface area contributed by atoms with Crippen molar-refractivity contribution < 1.29 is 4.79 Å². The van der Waals surface area contributed by atoms with Crippen molar-refractivity contribution >= 4 is 17.3 Å². The monoisotopic (exact) mass is 250 g/mol. The minimum Gasteiger partial charge on any atom is -0.366 e. The lowest BCUT2D eigenvalue weighted by atomic mass is 9.99. The second kappa shape index (κ2) is 4.35. The molecule has 0 atom stereocenters. The van der Waals surface area contributed by atoms with E-state index < -0.39 is 5.91 Å². The van der Waals surface area contributed by atoms with Crippen molar-refractivity contribution in [3.05, 3.63) is 64.7 Å². The lowest BCUT2D eigenvalue weighted by molar-refractivity contribution is 0.0999. The average molecular weight is 250 g/mol. The molecular formula is C16H14N2O. The topological polar surface area (TPSA) is 55.4 Å². The van der Waals surface area contributed by atoms with Gasteiger partial charge in [0.05, 0.1) is 11.4 Å². The van der Waals surface area contributed by atoms with Crippen LogP contribution in [0.3, 0.4) is 0 Å². The molecule has 2 N–H and O–H groups in total. The Morgan fingerprint density at radius 3 is 2.58 bits per heavy atom. The highest BCUT2D eigenvalue weighted by atomic mass is 16.1. The molecule has 1 amide bonds. The van der Waals surface area contributed by atoms with E-state index in [1.54, 1.807) is 6.07 Å². The number of hydrogen-bond acceptors (Lipinski definition) is 2. The summed E-state index contributed by atoms with van der Waals surface area (Å²) in [6.45, 7) is 2.06. The first kappa shape index (κ1) is 11.7. The summed E-state index contributed by atoms with van der Waals surface area (Å²) < 4.78 is 0. The van der Waals surface area contributed by atoms with Gasteiger partial charge >= 0.3 is 0 Å². The number of amides is 1. The van der Waals surface area contributed by atoms with Crippen molar-refractivity contribution in [2.75, 3.05) is 0 Å². The molecule has 0 radical (unpaired) electrons. The van der Waals surface area contributed by atoms with E-state index in [-0.39, 0.29) is 0 Å². The zero-order valence-electron chi connectivity index (χ0n) is 10.7. The van der Waals surface area contributed by atoms with Gasteiger partial charge in [-0.3, -0.25) is 9.79 Å². The van der Waals surface area contributed by atoms with Gasteiger partial charge in [-0.2, -0.15) is 0 Å². The lowest BCUT2D eigenvalue weighted by Gasteiger charge is -2.03. The first-order valence-corrected chi connectivity index (χ1v) is 6.21. The summed E-state index contributed by atoms with van der Waals surface area (Å²) in [5, 5.41) is 0. The maximum absolute atomic E-state index is 11.4. The number of nitrogens with zero attached hydrogens (tertiary/aromatic N) is 1. The van der Waals surface area contributed by atoms with E-state index in [2.05, 4.69) is 36.2 Å². The van der Waals surface area contributed by atoms with Gasteiger partial charge in [-0.15, -0.1) is 0 Å². The van der Waals surface area contributed by atoms with Gasteiger partial charge in [-0.05, 0) is 30.2 Å². The fourth-order valence-electron chi connectivity index (χ4n) is 2.36. The Bertz CT molecular complexity index is 684. The fourth-order valence-corrected chi connectivity index (χ4v) is 2.36. The van der Waals surface area contributed by atoms with Gasteiger partial charge in [-0.1, -0.05) is 35.9 Å². The molecule has 19 heavy (non-hydrogen) atoms. The molecule has 94 valence electrons. The van der Waals surface area contributed by atoms with Crippen LogP contribution in [-0.2, 0) is 6.42 Å². The van der Waals surface area contributed by atoms with Crippen molar-refractivity contribution in [2.45, 2.75) is 13.3 Å². The molecule has 3 heteroatoms. The third kappa shape index (κ3) is 2.03. The summed E-state index contributed by atoms with van der Waals surface area (Å²) in [4.78, 5) is 16.0. The SMILES string of the molecule is Cc1ccc(C2=Nc3cccc(C(N)=O)c3C2)cc1. The summed E-state index contributed by atoms with van der Waals surface area (Å²) >= 11 is 0. The second-order valence-electron chi connectivity index (χ2n) is 4.77.